The summed E-state index contributed by atoms with van der Waals surface area (Å²) in [5.74, 6) is -0.135. The van der Waals surface area contributed by atoms with Crippen LogP contribution < -0.4 is 4.74 Å². The molecule has 0 bridgehead atoms. The zero-order chi connectivity index (χ0) is 13.4. The molecular weight excluding hydrogens is 244 g/mol. The van der Waals surface area contributed by atoms with Crippen LogP contribution >= 0.6 is 0 Å². The maximum absolute atomic E-state index is 10.9. The molecule has 5 nitrogen and oxygen atoms in total. The normalized spacial score (nSPS) is 17.6. The van der Waals surface area contributed by atoms with Gasteiger partial charge in [0.2, 0.25) is 0 Å². The van der Waals surface area contributed by atoms with E-state index in [4.69, 9.17) is 9.84 Å². The summed E-state index contributed by atoms with van der Waals surface area (Å²) < 4.78 is 5.79. The molecule has 1 unspecified atom stereocenters. The first-order valence-electron chi connectivity index (χ1n) is 6.23. The van der Waals surface area contributed by atoms with E-state index in [-0.39, 0.29) is 11.8 Å². The molecule has 1 aromatic heterocycles. The number of carboxylic acid groups (broad SMARTS) is 1. The number of rotatable bonds is 2. The highest BCUT2D eigenvalue weighted by Gasteiger charge is 2.21. The van der Waals surface area contributed by atoms with E-state index in [2.05, 4.69) is 10.2 Å². The molecule has 0 fully saturated rings. The number of nitrogens with one attached hydrogen (secondary N) is 1. The van der Waals surface area contributed by atoms with E-state index in [1.165, 1.54) is 0 Å². The molecule has 5 heteroatoms. The molecule has 0 radical (unpaired) electrons. The molecule has 3 rings (SSSR count). The molecule has 2 N–H and O–H groups in total. The van der Waals surface area contributed by atoms with Crippen molar-refractivity contribution < 1.29 is 14.6 Å². The quantitative estimate of drug-likeness (QED) is 0.867. The van der Waals surface area contributed by atoms with Gasteiger partial charge >= 0.3 is 5.97 Å². The number of benzene rings is 1. The predicted octanol–water partition coefficient (Wildman–Crippen LogP) is 2.49. The molecule has 19 heavy (non-hydrogen) atoms. The number of aromatic nitrogens is 2. The first-order chi connectivity index (χ1) is 9.15. The minimum absolute atomic E-state index is 0.0951. The van der Waals surface area contributed by atoms with Gasteiger partial charge in [0.1, 0.15) is 11.4 Å². The van der Waals surface area contributed by atoms with Crippen molar-refractivity contribution in [3.05, 3.63) is 35.5 Å². The van der Waals surface area contributed by atoms with E-state index in [0.29, 0.717) is 5.69 Å². The Labute approximate surface area is 110 Å². The van der Waals surface area contributed by atoms with Crippen LogP contribution in [0.15, 0.2) is 24.3 Å². The third-order valence-electron chi connectivity index (χ3n) is 3.35. The summed E-state index contributed by atoms with van der Waals surface area (Å²) >= 11 is 0. The van der Waals surface area contributed by atoms with Crippen molar-refractivity contribution in [3.63, 3.8) is 0 Å². The van der Waals surface area contributed by atoms with Gasteiger partial charge in [0.05, 0.1) is 11.8 Å². The van der Waals surface area contributed by atoms with Crippen LogP contribution in [0, 0.1) is 0 Å². The van der Waals surface area contributed by atoms with Crippen molar-refractivity contribution in [2.75, 3.05) is 0 Å². The third-order valence-corrected chi connectivity index (χ3v) is 3.35. The second-order valence-electron chi connectivity index (χ2n) is 4.72. The standard InChI is InChI=1S/C14H14N2O3/c1-8-5-6-10-9(3-2-4-13(10)19-8)11-7-12(14(17)18)16-15-11/h2-4,7-8H,5-6H2,1H3,(H,15,16)(H,17,18). The highest BCUT2D eigenvalue weighted by atomic mass is 16.5. The summed E-state index contributed by atoms with van der Waals surface area (Å²) in [4.78, 5) is 10.9. The van der Waals surface area contributed by atoms with Crippen LogP contribution in [-0.4, -0.2) is 27.4 Å². The molecule has 0 aliphatic carbocycles. The van der Waals surface area contributed by atoms with Crippen molar-refractivity contribution >= 4 is 5.97 Å². The lowest BCUT2D eigenvalue weighted by Crippen LogP contribution is -2.19. The lowest BCUT2D eigenvalue weighted by atomic mass is 9.96. The Morgan fingerprint density at radius 1 is 1.53 bits per heavy atom. The topological polar surface area (TPSA) is 75.2 Å². The number of ether oxygens (including phenoxy) is 1. The van der Waals surface area contributed by atoms with Gasteiger partial charge in [-0.05, 0) is 31.9 Å². The van der Waals surface area contributed by atoms with Crippen molar-refractivity contribution in [2.45, 2.75) is 25.9 Å². The second-order valence-corrected chi connectivity index (χ2v) is 4.72. The lowest BCUT2D eigenvalue weighted by Gasteiger charge is -2.24. The van der Waals surface area contributed by atoms with Crippen molar-refractivity contribution in [1.29, 1.82) is 0 Å². The maximum atomic E-state index is 10.9. The fourth-order valence-electron chi connectivity index (χ4n) is 2.37. The Morgan fingerprint density at radius 2 is 2.37 bits per heavy atom. The number of aromatic carboxylic acids is 1. The molecular formula is C14H14N2O3. The van der Waals surface area contributed by atoms with E-state index in [1.807, 2.05) is 25.1 Å². The summed E-state index contributed by atoms with van der Waals surface area (Å²) in [6.07, 6.45) is 2.10. The number of fused-ring (bicyclic) bond motifs is 1. The van der Waals surface area contributed by atoms with Crippen LogP contribution in [0.2, 0.25) is 0 Å². The van der Waals surface area contributed by atoms with Gasteiger partial charge in [-0.3, -0.25) is 5.10 Å². The minimum atomic E-state index is -1.01. The van der Waals surface area contributed by atoms with Crippen LogP contribution in [0.5, 0.6) is 5.75 Å². The first-order valence-corrected chi connectivity index (χ1v) is 6.23. The minimum Gasteiger partial charge on any atom is -0.490 e. The van der Waals surface area contributed by atoms with Gasteiger partial charge in [-0.25, -0.2) is 4.79 Å². The number of nitrogens with zero attached hydrogens (tertiary/aromatic N) is 1. The monoisotopic (exact) mass is 258 g/mol. The smallest absolute Gasteiger partial charge is 0.353 e. The average Bonchev–Trinajstić information content (AvgIpc) is 2.87. The van der Waals surface area contributed by atoms with E-state index in [9.17, 15) is 4.79 Å². The van der Waals surface area contributed by atoms with Gasteiger partial charge in [-0.2, -0.15) is 5.10 Å². The van der Waals surface area contributed by atoms with E-state index in [0.717, 1.165) is 29.7 Å². The largest absolute Gasteiger partial charge is 0.490 e. The highest BCUT2D eigenvalue weighted by molar-refractivity contribution is 5.87. The van der Waals surface area contributed by atoms with Crippen molar-refractivity contribution in [3.8, 4) is 17.0 Å². The molecule has 0 amide bonds. The molecule has 2 aromatic rings. The van der Waals surface area contributed by atoms with Crippen LogP contribution in [0.3, 0.4) is 0 Å². The van der Waals surface area contributed by atoms with Gasteiger partial charge in [-0.15, -0.1) is 0 Å². The van der Waals surface area contributed by atoms with Crippen LogP contribution in [0.1, 0.15) is 29.4 Å². The summed E-state index contributed by atoms with van der Waals surface area (Å²) in [6, 6.07) is 7.34. The summed E-state index contributed by atoms with van der Waals surface area (Å²) in [7, 11) is 0. The summed E-state index contributed by atoms with van der Waals surface area (Å²) in [6.45, 7) is 2.05. The van der Waals surface area contributed by atoms with Crippen molar-refractivity contribution in [2.24, 2.45) is 0 Å². The van der Waals surface area contributed by atoms with E-state index >= 15 is 0 Å². The Hall–Kier alpha value is -2.30. The molecule has 1 atom stereocenters. The predicted molar refractivity (Wildman–Crippen MR) is 69.4 cm³/mol. The average molecular weight is 258 g/mol. The molecule has 98 valence electrons. The number of hydrogen-bond acceptors (Lipinski definition) is 3. The molecule has 2 heterocycles. The number of aromatic amines is 1. The Balaban J connectivity index is 2.05. The molecule has 1 aliphatic heterocycles. The number of carbonyl (C=O) groups is 1. The molecule has 1 aliphatic rings. The first kappa shape index (κ1) is 11.8. The third kappa shape index (κ3) is 2.07. The van der Waals surface area contributed by atoms with Gasteiger partial charge in [0.15, 0.2) is 0 Å². The summed E-state index contributed by atoms with van der Waals surface area (Å²) in [5.41, 5.74) is 2.78. The van der Waals surface area contributed by atoms with Gasteiger partial charge in [0, 0.05) is 11.1 Å². The highest BCUT2D eigenvalue weighted by Crippen LogP contribution is 2.35. The Morgan fingerprint density at radius 3 is 3.11 bits per heavy atom. The molecule has 0 saturated heterocycles. The van der Waals surface area contributed by atoms with Crippen LogP contribution in [0.25, 0.3) is 11.3 Å². The van der Waals surface area contributed by atoms with Crippen LogP contribution in [-0.2, 0) is 6.42 Å². The van der Waals surface area contributed by atoms with E-state index in [1.54, 1.807) is 6.07 Å². The molecule has 0 spiro atoms. The summed E-state index contributed by atoms with van der Waals surface area (Å²) in [5, 5.41) is 15.5. The fourth-order valence-corrected chi connectivity index (χ4v) is 2.37. The molecule has 0 saturated carbocycles. The fraction of sp³-hybridized carbons (Fsp3) is 0.286. The van der Waals surface area contributed by atoms with Gasteiger partial charge < -0.3 is 9.84 Å². The number of carboxylic acids is 1. The number of H-pyrrole nitrogens is 1. The van der Waals surface area contributed by atoms with Crippen molar-refractivity contribution in [1.82, 2.24) is 10.2 Å². The lowest BCUT2D eigenvalue weighted by molar-refractivity contribution is 0.0690. The zero-order valence-electron chi connectivity index (χ0n) is 10.5. The maximum Gasteiger partial charge on any atom is 0.353 e. The Bertz CT molecular complexity index is 633. The van der Waals surface area contributed by atoms with Crippen LogP contribution in [0.4, 0.5) is 0 Å². The van der Waals surface area contributed by atoms with E-state index < -0.39 is 5.97 Å². The SMILES string of the molecule is CC1CCc2c(cccc2-c2cc(C(=O)O)[nH]n2)O1. The molecule has 1 aromatic carbocycles. The number of hydrogen-bond donors (Lipinski definition) is 2. The van der Waals surface area contributed by atoms with Gasteiger partial charge in [-0.1, -0.05) is 12.1 Å². The van der Waals surface area contributed by atoms with Gasteiger partial charge in [0.25, 0.3) is 0 Å². The second kappa shape index (κ2) is 4.42. The zero-order valence-corrected chi connectivity index (χ0v) is 10.5. The Kier molecular flexibility index (Phi) is 2.74.